The van der Waals surface area contributed by atoms with E-state index in [2.05, 4.69) is 0 Å². The summed E-state index contributed by atoms with van der Waals surface area (Å²) in [4.78, 5) is 25.0. The number of rotatable bonds is 12. The Hall–Kier alpha value is -1.54. The van der Waals surface area contributed by atoms with Crippen LogP contribution in [0.3, 0.4) is 0 Å². The Morgan fingerprint density at radius 1 is 0.667 bits per heavy atom. The van der Waals surface area contributed by atoms with Crippen LogP contribution >= 0.6 is 15.2 Å². The lowest BCUT2D eigenvalue weighted by Crippen LogP contribution is -2.29. The lowest BCUT2D eigenvalue weighted by Gasteiger charge is -2.24. The van der Waals surface area contributed by atoms with Gasteiger partial charge in [-0.15, -0.1) is 0 Å². The lowest BCUT2D eigenvalue weighted by molar-refractivity contribution is 0.0588. The van der Waals surface area contributed by atoms with Crippen LogP contribution in [0.25, 0.3) is 0 Å². The summed E-state index contributed by atoms with van der Waals surface area (Å²) >= 11 is 0. The van der Waals surface area contributed by atoms with Gasteiger partial charge in [0, 0.05) is 0 Å². The number of esters is 2. The van der Waals surface area contributed by atoms with Gasteiger partial charge in [-0.05, 0) is 39.8 Å². The van der Waals surface area contributed by atoms with Crippen molar-refractivity contribution in [2.45, 2.75) is 27.7 Å². The van der Waals surface area contributed by atoms with Gasteiger partial charge in [0.05, 0.1) is 62.4 Å². The molecule has 0 fully saturated rings. The highest BCUT2D eigenvalue weighted by molar-refractivity contribution is 7.63. The first-order chi connectivity index (χ1) is 14.2. The Balaban J connectivity index is 4.02. The first kappa shape index (κ1) is 26.5. The molecular formula is C18H28O10P2. The predicted octanol–water partition coefficient (Wildman–Crippen LogP) is 3.04. The number of hydrogen-bond acceptors (Lipinski definition) is 10. The van der Waals surface area contributed by atoms with E-state index in [0.717, 1.165) is 26.4 Å². The number of hydrogen-bond donors (Lipinski definition) is 0. The second-order valence-electron chi connectivity index (χ2n) is 5.54. The largest absolute Gasteiger partial charge is 0.465 e. The first-order valence-corrected chi connectivity index (χ1v) is 12.4. The normalized spacial score (nSPS) is 11.9. The standard InChI is InChI=1S/C18H28O10P2/c1-7-25-29(21,26-8-2)15-11-14(18(20)24-6)16(12-13(15)17(19)23-5)30(22,27-9-3)28-10-4/h11-12H,7-10H2,1-6H3. The van der Waals surface area contributed by atoms with Gasteiger partial charge in [-0.25, -0.2) is 9.59 Å². The van der Waals surface area contributed by atoms with Crippen LogP contribution in [0.1, 0.15) is 48.4 Å². The summed E-state index contributed by atoms with van der Waals surface area (Å²) in [7, 11) is -5.83. The van der Waals surface area contributed by atoms with Crippen LogP contribution < -0.4 is 10.6 Å². The van der Waals surface area contributed by atoms with Crippen LogP contribution in [0.15, 0.2) is 12.1 Å². The lowest BCUT2D eigenvalue weighted by atomic mass is 10.1. The minimum absolute atomic E-state index is 0.00356. The number of ether oxygens (including phenoxy) is 2. The molecule has 0 aliphatic rings. The van der Waals surface area contributed by atoms with E-state index in [1.807, 2.05) is 0 Å². The van der Waals surface area contributed by atoms with Crippen molar-refractivity contribution >= 4 is 37.7 Å². The van der Waals surface area contributed by atoms with Crippen molar-refractivity contribution in [3.8, 4) is 0 Å². The van der Waals surface area contributed by atoms with Crippen LogP contribution in [-0.4, -0.2) is 52.6 Å². The van der Waals surface area contributed by atoms with Crippen molar-refractivity contribution in [2.75, 3.05) is 40.6 Å². The van der Waals surface area contributed by atoms with Crippen molar-refractivity contribution in [1.29, 1.82) is 0 Å². The number of carbonyl (C=O) groups excluding carboxylic acids is 2. The van der Waals surface area contributed by atoms with E-state index in [0.29, 0.717) is 0 Å². The molecule has 12 heteroatoms. The Kier molecular flexibility index (Phi) is 10.4. The van der Waals surface area contributed by atoms with Crippen LogP contribution in [0, 0.1) is 0 Å². The average molecular weight is 466 g/mol. The van der Waals surface area contributed by atoms with Crippen molar-refractivity contribution in [3.05, 3.63) is 23.3 Å². The fraction of sp³-hybridized carbons (Fsp3) is 0.556. The third-order valence-corrected chi connectivity index (χ3v) is 8.02. The fourth-order valence-electron chi connectivity index (χ4n) is 2.61. The van der Waals surface area contributed by atoms with Gasteiger partial charge in [0.2, 0.25) is 0 Å². The number of carbonyl (C=O) groups is 2. The molecule has 0 bridgehead atoms. The predicted molar refractivity (Wildman–Crippen MR) is 110 cm³/mol. The van der Waals surface area contributed by atoms with Gasteiger partial charge in [0.25, 0.3) is 0 Å². The molecule has 0 heterocycles. The Labute approximate surface area is 176 Å². The van der Waals surface area contributed by atoms with Crippen LogP contribution in [0.4, 0.5) is 0 Å². The molecule has 0 aliphatic heterocycles. The van der Waals surface area contributed by atoms with E-state index in [1.54, 1.807) is 27.7 Å². The monoisotopic (exact) mass is 466 g/mol. The molecule has 0 atom stereocenters. The summed E-state index contributed by atoms with van der Waals surface area (Å²) in [6.07, 6.45) is 0. The van der Waals surface area contributed by atoms with Gasteiger partial charge in [-0.2, -0.15) is 0 Å². The zero-order valence-corrected chi connectivity index (χ0v) is 19.7. The molecule has 10 nitrogen and oxygen atoms in total. The van der Waals surface area contributed by atoms with Crippen molar-refractivity contribution in [3.63, 3.8) is 0 Å². The summed E-state index contributed by atoms with van der Waals surface area (Å²) in [5.74, 6) is -1.80. The molecule has 0 radical (unpaired) electrons. The third kappa shape index (κ3) is 5.78. The third-order valence-electron chi connectivity index (χ3n) is 3.71. The molecule has 0 aromatic heterocycles. The second kappa shape index (κ2) is 11.7. The molecule has 170 valence electrons. The Morgan fingerprint density at radius 3 is 1.13 bits per heavy atom. The highest BCUT2D eigenvalue weighted by atomic mass is 31.2. The zero-order valence-electron chi connectivity index (χ0n) is 18.0. The molecule has 1 aromatic rings. The molecule has 0 amide bonds. The quantitative estimate of drug-likeness (QED) is 0.335. The highest BCUT2D eigenvalue weighted by Crippen LogP contribution is 2.51. The minimum atomic E-state index is -4.04. The van der Waals surface area contributed by atoms with Gasteiger partial charge in [-0.1, -0.05) is 0 Å². The summed E-state index contributed by atoms with van der Waals surface area (Å²) in [6.45, 7) is 6.39. The van der Waals surface area contributed by atoms with Crippen molar-refractivity contribution in [2.24, 2.45) is 0 Å². The molecule has 0 unspecified atom stereocenters. The maximum atomic E-state index is 13.4. The molecule has 0 N–H and O–H groups in total. The SMILES string of the molecule is CCOP(=O)(OCC)c1cc(C(=O)OC)c(P(=O)(OCC)OCC)cc1C(=O)OC. The smallest absolute Gasteiger partial charge is 0.362 e. The summed E-state index contributed by atoms with van der Waals surface area (Å²) < 4.78 is 57.6. The number of benzene rings is 1. The van der Waals surface area contributed by atoms with Gasteiger partial charge in [0.15, 0.2) is 0 Å². The summed E-state index contributed by atoms with van der Waals surface area (Å²) in [5.41, 5.74) is -0.518. The van der Waals surface area contributed by atoms with Gasteiger partial charge < -0.3 is 27.6 Å². The van der Waals surface area contributed by atoms with E-state index in [1.165, 1.54) is 0 Å². The topological polar surface area (TPSA) is 124 Å². The molecule has 0 saturated carbocycles. The molecule has 1 rings (SSSR count). The zero-order chi connectivity index (χ0) is 22.9. The first-order valence-electron chi connectivity index (χ1n) is 9.31. The Morgan fingerprint density at radius 2 is 0.933 bits per heavy atom. The Bertz CT molecular complexity index is 762. The molecule has 0 spiro atoms. The van der Waals surface area contributed by atoms with E-state index >= 15 is 0 Å². The van der Waals surface area contributed by atoms with E-state index in [-0.39, 0.29) is 48.2 Å². The molecule has 0 aliphatic carbocycles. The van der Waals surface area contributed by atoms with Crippen LogP contribution in [0.2, 0.25) is 0 Å². The molecule has 30 heavy (non-hydrogen) atoms. The number of methoxy groups -OCH3 is 2. The summed E-state index contributed by atoms with van der Waals surface area (Å²) in [6, 6.07) is 2.18. The minimum Gasteiger partial charge on any atom is -0.465 e. The van der Waals surface area contributed by atoms with Crippen LogP contribution in [-0.2, 0) is 36.7 Å². The van der Waals surface area contributed by atoms with Gasteiger partial charge >= 0.3 is 27.1 Å². The maximum Gasteiger partial charge on any atom is 0.362 e. The summed E-state index contributed by atoms with van der Waals surface area (Å²) in [5, 5.41) is -0.441. The molecular weight excluding hydrogens is 438 g/mol. The van der Waals surface area contributed by atoms with Gasteiger partial charge in [0.1, 0.15) is 0 Å². The average Bonchev–Trinajstić information content (AvgIpc) is 2.72. The highest BCUT2D eigenvalue weighted by Gasteiger charge is 2.39. The van der Waals surface area contributed by atoms with E-state index in [9.17, 15) is 18.7 Å². The van der Waals surface area contributed by atoms with E-state index in [4.69, 9.17) is 27.6 Å². The molecule has 1 aromatic carbocycles. The fourth-order valence-corrected chi connectivity index (χ4v) is 6.15. The van der Waals surface area contributed by atoms with Gasteiger partial charge in [-0.3, -0.25) is 9.13 Å². The second-order valence-corrected chi connectivity index (χ2v) is 9.52. The van der Waals surface area contributed by atoms with Crippen molar-refractivity contribution in [1.82, 2.24) is 0 Å². The van der Waals surface area contributed by atoms with Crippen molar-refractivity contribution < 1.29 is 46.3 Å². The molecule has 0 saturated heterocycles. The van der Waals surface area contributed by atoms with Crippen LogP contribution in [0.5, 0.6) is 0 Å². The van der Waals surface area contributed by atoms with E-state index < -0.39 is 27.1 Å². The maximum absolute atomic E-state index is 13.4.